The summed E-state index contributed by atoms with van der Waals surface area (Å²) in [7, 11) is 1.58. The van der Waals surface area contributed by atoms with E-state index in [0.29, 0.717) is 27.9 Å². The Bertz CT molecular complexity index is 1060. The molecule has 2 fully saturated rings. The number of carbonyl (C=O) groups is 2. The molecular formula is C27H31ClN2O3. The summed E-state index contributed by atoms with van der Waals surface area (Å²) in [6.07, 6.45) is 8.36. The van der Waals surface area contributed by atoms with E-state index < -0.39 is 0 Å². The number of carbonyl (C=O) groups excluding carboxylic acids is 2. The summed E-state index contributed by atoms with van der Waals surface area (Å²) >= 11 is 6.40. The highest BCUT2D eigenvalue weighted by Crippen LogP contribution is 2.31. The van der Waals surface area contributed by atoms with Crippen molar-refractivity contribution in [3.63, 3.8) is 0 Å². The molecule has 0 atom stereocenters. The lowest BCUT2D eigenvalue weighted by molar-refractivity contribution is -0.135. The van der Waals surface area contributed by atoms with E-state index >= 15 is 0 Å². The first-order valence-corrected chi connectivity index (χ1v) is 12.1. The summed E-state index contributed by atoms with van der Waals surface area (Å²) in [4.78, 5) is 27.5. The molecule has 174 valence electrons. The Morgan fingerprint density at radius 3 is 2.55 bits per heavy atom. The van der Waals surface area contributed by atoms with Crippen molar-refractivity contribution in [1.29, 1.82) is 0 Å². The third-order valence-electron chi connectivity index (χ3n) is 6.77. The molecule has 1 aliphatic heterocycles. The summed E-state index contributed by atoms with van der Waals surface area (Å²) in [5.41, 5.74) is 4.48. The lowest BCUT2D eigenvalue weighted by Gasteiger charge is -2.30. The van der Waals surface area contributed by atoms with Crippen LogP contribution in [0.25, 0.3) is 6.08 Å². The maximum atomic E-state index is 12.8. The van der Waals surface area contributed by atoms with Gasteiger partial charge in [0, 0.05) is 35.3 Å². The Morgan fingerprint density at radius 2 is 1.85 bits per heavy atom. The van der Waals surface area contributed by atoms with Crippen molar-refractivity contribution >= 4 is 35.2 Å². The van der Waals surface area contributed by atoms with Gasteiger partial charge >= 0.3 is 0 Å². The Labute approximate surface area is 200 Å². The minimum Gasteiger partial charge on any atom is -0.497 e. The second-order valence-corrected chi connectivity index (χ2v) is 9.40. The van der Waals surface area contributed by atoms with Crippen LogP contribution in [-0.2, 0) is 4.79 Å². The summed E-state index contributed by atoms with van der Waals surface area (Å²) in [5.74, 6) is 1.000. The van der Waals surface area contributed by atoms with Gasteiger partial charge < -0.3 is 15.0 Å². The molecule has 4 rings (SSSR count). The third-order valence-corrected chi connectivity index (χ3v) is 6.99. The van der Waals surface area contributed by atoms with Crippen molar-refractivity contribution in [2.75, 3.05) is 25.5 Å². The molecule has 2 amide bonds. The number of hydrogen-bond donors (Lipinski definition) is 1. The number of benzene rings is 2. The third kappa shape index (κ3) is 5.59. The maximum Gasteiger partial charge on any atom is 0.255 e. The van der Waals surface area contributed by atoms with Crippen LogP contribution in [0.2, 0.25) is 5.02 Å². The van der Waals surface area contributed by atoms with Gasteiger partial charge in [0.05, 0.1) is 7.11 Å². The van der Waals surface area contributed by atoms with Gasteiger partial charge in [-0.3, -0.25) is 9.59 Å². The van der Waals surface area contributed by atoms with E-state index in [1.165, 1.54) is 18.4 Å². The van der Waals surface area contributed by atoms with Crippen LogP contribution < -0.4 is 10.1 Å². The van der Waals surface area contributed by atoms with E-state index in [-0.39, 0.29) is 11.8 Å². The number of rotatable bonds is 5. The van der Waals surface area contributed by atoms with Gasteiger partial charge in [-0.2, -0.15) is 0 Å². The zero-order chi connectivity index (χ0) is 23.4. The van der Waals surface area contributed by atoms with Crippen LogP contribution >= 0.6 is 11.6 Å². The average Bonchev–Trinajstić information content (AvgIpc) is 3.37. The molecule has 5 nitrogen and oxygen atoms in total. The molecule has 2 aromatic rings. The first-order valence-electron chi connectivity index (χ1n) is 11.7. The Hall–Kier alpha value is -2.79. The van der Waals surface area contributed by atoms with Crippen molar-refractivity contribution in [1.82, 2.24) is 4.90 Å². The van der Waals surface area contributed by atoms with Gasteiger partial charge in [-0.05, 0) is 74.1 Å². The molecule has 33 heavy (non-hydrogen) atoms. The van der Waals surface area contributed by atoms with Gasteiger partial charge in [0.2, 0.25) is 5.91 Å². The second kappa shape index (κ2) is 10.4. The molecule has 0 spiro atoms. The predicted octanol–water partition coefficient (Wildman–Crippen LogP) is 6.11. The molecule has 1 aliphatic carbocycles. The predicted molar refractivity (Wildman–Crippen MR) is 133 cm³/mol. The molecule has 1 heterocycles. The quantitative estimate of drug-likeness (QED) is 0.578. The maximum absolute atomic E-state index is 12.8. The van der Waals surface area contributed by atoms with E-state index in [1.54, 1.807) is 37.4 Å². The topological polar surface area (TPSA) is 58.6 Å². The molecular weight excluding hydrogens is 436 g/mol. The number of halogens is 1. The summed E-state index contributed by atoms with van der Waals surface area (Å²) in [6.45, 7) is 3.54. The number of nitrogens with one attached hydrogen (secondary N) is 1. The fourth-order valence-corrected chi connectivity index (χ4v) is 4.97. The van der Waals surface area contributed by atoms with Gasteiger partial charge in [0.25, 0.3) is 5.91 Å². The van der Waals surface area contributed by atoms with Crippen LogP contribution in [0.3, 0.4) is 0 Å². The molecule has 0 bridgehead atoms. The fourth-order valence-electron chi connectivity index (χ4n) is 4.75. The summed E-state index contributed by atoms with van der Waals surface area (Å²) in [5, 5.41) is 3.56. The first-order chi connectivity index (χ1) is 15.9. The number of piperidine rings is 1. The second-order valence-electron chi connectivity index (χ2n) is 8.96. The Kier molecular flexibility index (Phi) is 7.39. The zero-order valence-electron chi connectivity index (χ0n) is 19.3. The smallest absolute Gasteiger partial charge is 0.255 e. The molecule has 1 N–H and O–H groups in total. The van der Waals surface area contributed by atoms with Crippen molar-refractivity contribution in [2.24, 2.45) is 5.92 Å². The molecule has 0 radical (unpaired) electrons. The van der Waals surface area contributed by atoms with Crippen LogP contribution in [0.15, 0.2) is 42.0 Å². The first kappa shape index (κ1) is 23.4. The number of amides is 2. The molecule has 2 aromatic carbocycles. The SMILES string of the molecule is COc1cccc(C(=O)Nc2cc(Cl)cc(C=C3CCN(C(=O)C4CCCC4)CC3)c2C)c1. The fraction of sp³-hybridized carbons (Fsp3) is 0.407. The molecule has 1 saturated heterocycles. The number of anilines is 1. The largest absolute Gasteiger partial charge is 0.497 e. The van der Waals surface area contributed by atoms with Crippen LogP contribution in [-0.4, -0.2) is 36.9 Å². The highest BCUT2D eigenvalue weighted by atomic mass is 35.5. The summed E-state index contributed by atoms with van der Waals surface area (Å²) in [6, 6.07) is 10.8. The van der Waals surface area contributed by atoms with Crippen molar-refractivity contribution < 1.29 is 14.3 Å². The number of ether oxygens (including phenoxy) is 1. The zero-order valence-corrected chi connectivity index (χ0v) is 20.1. The monoisotopic (exact) mass is 466 g/mol. The standard InChI is InChI=1S/C27H31ClN2O3/c1-18-22(14-19-10-12-30(13-11-19)27(32)20-6-3-4-7-20)15-23(28)17-25(18)29-26(31)21-8-5-9-24(16-21)33-2/h5,8-9,14-17,20H,3-4,6-7,10-13H2,1-2H3,(H,29,31). The molecule has 1 saturated carbocycles. The molecule has 0 unspecified atom stereocenters. The van der Waals surface area contributed by atoms with E-state index in [1.807, 2.05) is 17.9 Å². The molecule has 2 aliphatic rings. The van der Waals surface area contributed by atoms with Gasteiger partial charge in [0.1, 0.15) is 5.75 Å². The normalized spacial score (nSPS) is 16.6. The Morgan fingerprint density at radius 1 is 1.12 bits per heavy atom. The van der Waals surface area contributed by atoms with Crippen LogP contribution in [0, 0.1) is 12.8 Å². The van der Waals surface area contributed by atoms with Crippen molar-refractivity contribution in [2.45, 2.75) is 45.4 Å². The van der Waals surface area contributed by atoms with Crippen LogP contribution in [0.1, 0.15) is 60.0 Å². The van der Waals surface area contributed by atoms with E-state index in [4.69, 9.17) is 16.3 Å². The highest BCUT2D eigenvalue weighted by molar-refractivity contribution is 6.31. The van der Waals surface area contributed by atoms with Gasteiger partial charge in [0.15, 0.2) is 0 Å². The van der Waals surface area contributed by atoms with Gasteiger partial charge in [-0.15, -0.1) is 0 Å². The van der Waals surface area contributed by atoms with E-state index in [2.05, 4.69) is 11.4 Å². The van der Waals surface area contributed by atoms with E-state index in [9.17, 15) is 9.59 Å². The summed E-state index contributed by atoms with van der Waals surface area (Å²) < 4.78 is 5.22. The van der Waals surface area contributed by atoms with E-state index in [0.717, 1.165) is 49.9 Å². The van der Waals surface area contributed by atoms with Crippen LogP contribution in [0.4, 0.5) is 5.69 Å². The Balaban J connectivity index is 1.46. The lowest BCUT2D eigenvalue weighted by atomic mass is 9.96. The number of likely N-dealkylation sites (tertiary alicyclic amines) is 1. The van der Waals surface area contributed by atoms with Gasteiger partial charge in [-0.1, -0.05) is 42.2 Å². The minimum absolute atomic E-state index is 0.211. The van der Waals surface area contributed by atoms with Crippen molar-refractivity contribution in [3.05, 3.63) is 63.7 Å². The van der Waals surface area contributed by atoms with Crippen LogP contribution in [0.5, 0.6) is 5.75 Å². The highest BCUT2D eigenvalue weighted by Gasteiger charge is 2.28. The number of nitrogens with zero attached hydrogens (tertiary/aromatic N) is 1. The lowest BCUT2D eigenvalue weighted by Crippen LogP contribution is -2.39. The number of hydrogen-bond acceptors (Lipinski definition) is 3. The van der Waals surface area contributed by atoms with Crippen molar-refractivity contribution in [3.8, 4) is 5.75 Å². The molecule has 0 aromatic heterocycles. The molecule has 6 heteroatoms. The average molecular weight is 467 g/mol. The minimum atomic E-state index is -0.211. The van der Waals surface area contributed by atoms with Gasteiger partial charge in [-0.25, -0.2) is 0 Å². The number of methoxy groups -OCH3 is 1.